The van der Waals surface area contributed by atoms with Crippen LogP contribution in [-0.4, -0.2) is 18.4 Å². The second-order valence-electron chi connectivity index (χ2n) is 4.71. The molecule has 1 aliphatic carbocycles. The van der Waals surface area contributed by atoms with Gasteiger partial charge in [0.1, 0.15) is 0 Å². The van der Waals surface area contributed by atoms with Crippen LogP contribution in [0.4, 0.5) is 18.9 Å². The number of aryl methyl sites for hydroxylation is 1. The molecule has 112 valence electrons. The fourth-order valence-corrected chi connectivity index (χ4v) is 2.00. The SMILES string of the molecule is Cc1cccc(NC(=O)C2=CC=C[C@H](OC(F)(F)F)C2)c1. The van der Waals surface area contributed by atoms with E-state index in [1.54, 1.807) is 18.2 Å². The van der Waals surface area contributed by atoms with Crippen LogP contribution in [0.25, 0.3) is 0 Å². The first kappa shape index (κ1) is 15.3. The first-order valence-corrected chi connectivity index (χ1v) is 6.33. The molecule has 1 amide bonds. The van der Waals surface area contributed by atoms with E-state index in [1.807, 2.05) is 13.0 Å². The van der Waals surface area contributed by atoms with Crippen molar-refractivity contribution in [1.82, 2.24) is 0 Å². The molecule has 6 heteroatoms. The maximum atomic E-state index is 12.2. The molecule has 21 heavy (non-hydrogen) atoms. The molecule has 2 rings (SSSR count). The van der Waals surface area contributed by atoms with E-state index in [0.29, 0.717) is 5.69 Å². The molecule has 0 radical (unpaired) electrons. The highest BCUT2D eigenvalue weighted by molar-refractivity contribution is 6.04. The topological polar surface area (TPSA) is 38.3 Å². The first-order valence-electron chi connectivity index (χ1n) is 6.33. The Labute approximate surface area is 120 Å². The molecule has 0 spiro atoms. The Morgan fingerprint density at radius 2 is 2.14 bits per heavy atom. The molecule has 0 bridgehead atoms. The quantitative estimate of drug-likeness (QED) is 0.923. The number of nitrogens with one attached hydrogen (secondary N) is 1. The van der Waals surface area contributed by atoms with Gasteiger partial charge in [-0.25, -0.2) is 0 Å². The van der Waals surface area contributed by atoms with Gasteiger partial charge in [-0.15, -0.1) is 13.2 Å². The third-order valence-electron chi connectivity index (χ3n) is 2.90. The summed E-state index contributed by atoms with van der Waals surface area (Å²) in [4.78, 5) is 12.0. The largest absolute Gasteiger partial charge is 0.523 e. The normalized spacial score (nSPS) is 18.3. The van der Waals surface area contributed by atoms with Crippen molar-refractivity contribution < 1.29 is 22.7 Å². The number of hydrogen-bond acceptors (Lipinski definition) is 2. The zero-order valence-corrected chi connectivity index (χ0v) is 11.3. The summed E-state index contributed by atoms with van der Waals surface area (Å²) < 4.78 is 40.5. The highest BCUT2D eigenvalue weighted by Gasteiger charge is 2.34. The van der Waals surface area contributed by atoms with E-state index in [-0.39, 0.29) is 12.0 Å². The van der Waals surface area contributed by atoms with E-state index in [4.69, 9.17) is 0 Å². The van der Waals surface area contributed by atoms with Crippen LogP contribution in [0.5, 0.6) is 0 Å². The second kappa shape index (κ2) is 6.13. The number of benzene rings is 1. The molecular weight excluding hydrogens is 283 g/mol. The maximum absolute atomic E-state index is 12.2. The number of amides is 1. The van der Waals surface area contributed by atoms with Gasteiger partial charge in [0, 0.05) is 17.7 Å². The van der Waals surface area contributed by atoms with Crippen LogP contribution >= 0.6 is 0 Å². The van der Waals surface area contributed by atoms with Crippen molar-refractivity contribution >= 4 is 11.6 Å². The molecular formula is C15H14F3NO2. The first-order chi connectivity index (χ1) is 9.83. The van der Waals surface area contributed by atoms with Gasteiger partial charge in [-0.2, -0.15) is 0 Å². The van der Waals surface area contributed by atoms with Crippen molar-refractivity contribution in [3.8, 4) is 0 Å². The Kier molecular flexibility index (Phi) is 4.47. The van der Waals surface area contributed by atoms with Crippen LogP contribution in [0, 0.1) is 6.92 Å². The van der Waals surface area contributed by atoms with E-state index in [1.165, 1.54) is 18.2 Å². The lowest BCUT2D eigenvalue weighted by Crippen LogP contribution is -2.26. The van der Waals surface area contributed by atoms with Gasteiger partial charge in [-0.1, -0.05) is 30.4 Å². The Morgan fingerprint density at radius 1 is 1.38 bits per heavy atom. The molecule has 1 atom stereocenters. The Balaban J connectivity index is 2.00. The number of allylic oxidation sites excluding steroid dienone is 2. The third-order valence-corrected chi connectivity index (χ3v) is 2.90. The van der Waals surface area contributed by atoms with Crippen molar-refractivity contribution in [3.05, 3.63) is 53.6 Å². The van der Waals surface area contributed by atoms with Crippen molar-refractivity contribution in [1.29, 1.82) is 0 Å². The van der Waals surface area contributed by atoms with Gasteiger partial charge in [0.25, 0.3) is 5.91 Å². The average Bonchev–Trinajstić information content (AvgIpc) is 2.37. The summed E-state index contributed by atoms with van der Waals surface area (Å²) in [5, 5.41) is 2.66. The van der Waals surface area contributed by atoms with Gasteiger partial charge in [-0.05, 0) is 24.6 Å². The highest BCUT2D eigenvalue weighted by atomic mass is 19.4. The van der Waals surface area contributed by atoms with E-state index >= 15 is 0 Å². The summed E-state index contributed by atoms with van der Waals surface area (Å²) in [7, 11) is 0. The Morgan fingerprint density at radius 3 is 2.81 bits per heavy atom. The van der Waals surface area contributed by atoms with Gasteiger partial charge in [0.2, 0.25) is 0 Å². The zero-order valence-electron chi connectivity index (χ0n) is 11.3. The molecule has 0 heterocycles. The van der Waals surface area contributed by atoms with E-state index in [9.17, 15) is 18.0 Å². The molecule has 1 aliphatic rings. The Hall–Kier alpha value is -2.08. The lowest BCUT2D eigenvalue weighted by Gasteiger charge is -2.20. The van der Waals surface area contributed by atoms with Crippen LogP contribution in [0.1, 0.15) is 12.0 Å². The van der Waals surface area contributed by atoms with Crippen molar-refractivity contribution in [2.45, 2.75) is 25.8 Å². The summed E-state index contributed by atoms with van der Waals surface area (Å²) in [5.41, 5.74) is 1.82. The number of halogens is 3. The van der Waals surface area contributed by atoms with Crippen molar-refractivity contribution in [3.63, 3.8) is 0 Å². The smallest absolute Gasteiger partial charge is 0.322 e. The highest BCUT2D eigenvalue weighted by Crippen LogP contribution is 2.25. The molecule has 0 aromatic heterocycles. The van der Waals surface area contributed by atoms with Gasteiger partial charge >= 0.3 is 6.36 Å². The van der Waals surface area contributed by atoms with Crippen LogP contribution in [0.15, 0.2) is 48.1 Å². The number of carbonyl (C=O) groups is 1. The average molecular weight is 297 g/mol. The minimum absolute atomic E-state index is 0.117. The monoisotopic (exact) mass is 297 g/mol. The number of alkyl halides is 3. The fraction of sp³-hybridized carbons (Fsp3) is 0.267. The number of anilines is 1. The van der Waals surface area contributed by atoms with Gasteiger partial charge < -0.3 is 5.32 Å². The summed E-state index contributed by atoms with van der Waals surface area (Å²) in [6, 6.07) is 7.16. The van der Waals surface area contributed by atoms with E-state index in [2.05, 4.69) is 10.1 Å². The van der Waals surface area contributed by atoms with Crippen LogP contribution in [0.2, 0.25) is 0 Å². The molecule has 0 aliphatic heterocycles. The molecule has 1 aromatic carbocycles. The summed E-state index contributed by atoms with van der Waals surface area (Å²) in [6.45, 7) is 1.88. The lowest BCUT2D eigenvalue weighted by molar-refractivity contribution is -0.336. The van der Waals surface area contributed by atoms with Gasteiger partial charge in [-0.3, -0.25) is 9.53 Å². The summed E-state index contributed by atoms with van der Waals surface area (Å²) in [6.07, 6.45) is -1.85. The molecule has 0 unspecified atom stereocenters. The molecule has 0 saturated carbocycles. The second-order valence-corrected chi connectivity index (χ2v) is 4.71. The predicted molar refractivity (Wildman–Crippen MR) is 72.6 cm³/mol. The van der Waals surface area contributed by atoms with E-state index < -0.39 is 18.4 Å². The summed E-state index contributed by atoms with van der Waals surface area (Å²) in [5.74, 6) is -0.430. The molecule has 0 saturated heterocycles. The van der Waals surface area contributed by atoms with Gasteiger partial charge in [0.05, 0.1) is 6.10 Å². The van der Waals surface area contributed by atoms with E-state index in [0.717, 1.165) is 5.56 Å². The molecule has 3 nitrogen and oxygen atoms in total. The summed E-state index contributed by atoms with van der Waals surface area (Å²) >= 11 is 0. The third kappa shape index (κ3) is 4.75. The van der Waals surface area contributed by atoms with Gasteiger partial charge in [0.15, 0.2) is 0 Å². The minimum atomic E-state index is -4.72. The Bertz CT molecular complexity index is 591. The fourth-order valence-electron chi connectivity index (χ4n) is 2.00. The number of rotatable bonds is 3. The number of ether oxygens (including phenoxy) is 1. The predicted octanol–water partition coefficient (Wildman–Crippen LogP) is 3.72. The maximum Gasteiger partial charge on any atom is 0.523 e. The molecule has 1 N–H and O–H groups in total. The molecule has 0 fully saturated rings. The standard InChI is InChI=1S/C15H14F3NO2/c1-10-4-2-6-12(8-10)19-14(20)11-5-3-7-13(9-11)21-15(16,17)18/h2-8,13H,9H2,1H3,(H,19,20)/t13-/m0/s1. The van der Waals surface area contributed by atoms with Crippen LogP contribution in [0.3, 0.4) is 0 Å². The number of hydrogen-bond donors (Lipinski definition) is 1. The van der Waals surface area contributed by atoms with Crippen LogP contribution in [-0.2, 0) is 9.53 Å². The number of carbonyl (C=O) groups excluding carboxylic acids is 1. The van der Waals surface area contributed by atoms with Crippen molar-refractivity contribution in [2.24, 2.45) is 0 Å². The van der Waals surface area contributed by atoms with Crippen LogP contribution < -0.4 is 5.32 Å². The van der Waals surface area contributed by atoms with Crippen molar-refractivity contribution in [2.75, 3.05) is 5.32 Å². The zero-order chi connectivity index (χ0) is 15.5. The molecule has 1 aromatic rings. The lowest BCUT2D eigenvalue weighted by atomic mass is 10.0. The minimum Gasteiger partial charge on any atom is -0.322 e.